The minimum Gasteiger partial charge on any atom is -0.379 e. The van der Waals surface area contributed by atoms with E-state index < -0.39 is 0 Å². The number of rotatable bonds is 5. The zero-order chi connectivity index (χ0) is 15.3. The molecule has 0 aliphatic heterocycles. The van der Waals surface area contributed by atoms with Gasteiger partial charge in [-0.1, -0.05) is 48.0 Å². The van der Waals surface area contributed by atoms with E-state index in [1.807, 2.05) is 18.2 Å². The predicted molar refractivity (Wildman–Crippen MR) is 88.6 cm³/mol. The van der Waals surface area contributed by atoms with Crippen LogP contribution in [0.2, 0.25) is 5.02 Å². The molecule has 0 unspecified atom stereocenters. The molecule has 0 saturated carbocycles. The maximum Gasteiger partial charge on any atom is 0.103 e. The van der Waals surface area contributed by atoms with Gasteiger partial charge >= 0.3 is 0 Å². The van der Waals surface area contributed by atoms with E-state index in [1.54, 1.807) is 6.07 Å². The Bertz CT molecular complexity index is 642. The first-order valence-electron chi connectivity index (χ1n) is 7.02. The van der Waals surface area contributed by atoms with Gasteiger partial charge in [0, 0.05) is 5.54 Å². The summed E-state index contributed by atoms with van der Waals surface area (Å²) in [7, 11) is 0. The fourth-order valence-corrected chi connectivity index (χ4v) is 2.49. The second-order valence-corrected chi connectivity index (χ2v) is 6.18. The Morgan fingerprint density at radius 3 is 2.48 bits per heavy atom. The smallest absolute Gasteiger partial charge is 0.103 e. The third-order valence-electron chi connectivity index (χ3n) is 3.48. The maximum absolute atomic E-state index is 9.23. The molecule has 2 aromatic rings. The van der Waals surface area contributed by atoms with E-state index in [0.717, 1.165) is 18.5 Å². The standard InChI is InChI=1S/C18H19ClN2/c1-18(2,12-11-14-7-4-3-5-8-14)21-17-10-6-9-16(19)15(17)13-20/h3-10,21H,11-12H2,1-2H3. The Hall–Kier alpha value is -1.98. The van der Waals surface area contributed by atoms with Crippen molar-refractivity contribution in [3.05, 3.63) is 64.7 Å². The molecule has 108 valence electrons. The first-order chi connectivity index (χ1) is 10.0. The average molecular weight is 299 g/mol. The van der Waals surface area contributed by atoms with Crippen LogP contribution < -0.4 is 5.32 Å². The molecular weight excluding hydrogens is 280 g/mol. The van der Waals surface area contributed by atoms with Crippen LogP contribution in [-0.2, 0) is 6.42 Å². The molecule has 0 heterocycles. The van der Waals surface area contributed by atoms with Crippen molar-refractivity contribution in [1.29, 1.82) is 5.26 Å². The van der Waals surface area contributed by atoms with Gasteiger partial charge in [0.1, 0.15) is 6.07 Å². The molecule has 2 nitrogen and oxygen atoms in total. The Balaban J connectivity index is 2.08. The molecule has 1 N–H and O–H groups in total. The van der Waals surface area contributed by atoms with Crippen LogP contribution in [0.25, 0.3) is 0 Å². The van der Waals surface area contributed by atoms with Crippen LogP contribution in [0.5, 0.6) is 0 Å². The van der Waals surface area contributed by atoms with Gasteiger partial charge in [-0.25, -0.2) is 0 Å². The Morgan fingerprint density at radius 2 is 1.81 bits per heavy atom. The number of aryl methyl sites for hydroxylation is 1. The van der Waals surface area contributed by atoms with E-state index in [2.05, 4.69) is 49.5 Å². The summed E-state index contributed by atoms with van der Waals surface area (Å²) >= 11 is 6.07. The quantitative estimate of drug-likeness (QED) is 0.840. The van der Waals surface area contributed by atoms with Gasteiger partial charge in [-0.05, 0) is 44.4 Å². The summed E-state index contributed by atoms with van der Waals surface area (Å²) < 4.78 is 0. The molecule has 0 aromatic heterocycles. The molecule has 0 fully saturated rings. The number of nitrogens with zero attached hydrogens (tertiary/aromatic N) is 1. The topological polar surface area (TPSA) is 35.8 Å². The number of benzene rings is 2. The lowest BCUT2D eigenvalue weighted by Crippen LogP contribution is -2.31. The van der Waals surface area contributed by atoms with E-state index in [9.17, 15) is 5.26 Å². The highest BCUT2D eigenvalue weighted by molar-refractivity contribution is 6.32. The minimum atomic E-state index is -0.119. The molecule has 0 spiro atoms. The first kappa shape index (κ1) is 15.4. The van der Waals surface area contributed by atoms with E-state index in [-0.39, 0.29) is 5.54 Å². The van der Waals surface area contributed by atoms with Crippen molar-refractivity contribution in [2.24, 2.45) is 0 Å². The summed E-state index contributed by atoms with van der Waals surface area (Å²) in [6, 6.07) is 18.1. The molecule has 0 radical (unpaired) electrons. The monoisotopic (exact) mass is 298 g/mol. The molecule has 3 heteroatoms. The minimum absolute atomic E-state index is 0.119. The van der Waals surface area contributed by atoms with Crippen LogP contribution in [-0.4, -0.2) is 5.54 Å². The van der Waals surface area contributed by atoms with Crippen molar-refractivity contribution in [3.8, 4) is 6.07 Å². The van der Waals surface area contributed by atoms with Crippen molar-refractivity contribution >= 4 is 17.3 Å². The van der Waals surface area contributed by atoms with Crippen LogP contribution in [0.1, 0.15) is 31.4 Å². The summed E-state index contributed by atoms with van der Waals surface area (Å²) in [6.07, 6.45) is 1.96. The zero-order valence-electron chi connectivity index (χ0n) is 12.4. The molecule has 2 aromatic carbocycles. The van der Waals surface area contributed by atoms with E-state index in [0.29, 0.717) is 10.6 Å². The summed E-state index contributed by atoms with van der Waals surface area (Å²) in [5.74, 6) is 0. The predicted octanol–water partition coefficient (Wildman–Crippen LogP) is 5.03. The second kappa shape index (κ2) is 6.65. The highest BCUT2D eigenvalue weighted by atomic mass is 35.5. The van der Waals surface area contributed by atoms with Crippen LogP contribution in [0.4, 0.5) is 5.69 Å². The zero-order valence-corrected chi connectivity index (χ0v) is 13.1. The molecule has 0 aliphatic rings. The summed E-state index contributed by atoms with van der Waals surface area (Å²) in [5, 5.41) is 13.2. The van der Waals surface area contributed by atoms with Crippen LogP contribution in [0.3, 0.4) is 0 Å². The van der Waals surface area contributed by atoms with E-state index in [4.69, 9.17) is 11.6 Å². The average Bonchev–Trinajstić information content (AvgIpc) is 2.46. The molecule has 0 aliphatic carbocycles. The van der Waals surface area contributed by atoms with Crippen molar-refractivity contribution in [2.75, 3.05) is 5.32 Å². The fourth-order valence-electron chi connectivity index (χ4n) is 2.27. The SMILES string of the molecule is CC(C)(CCc1ccccc1)Nc1cccc(Cl)c1C#N. The number of nitriles is 1. The number of anilines is 1. The van der Waals surface area contributed by atoms with Gasteiger partial charge in [0.15, 0.2) is 0 Å². The second-order valence-electron chi connectivity index (χ2n) is 5.77. The summed E-state index contributed by atoms with van der Waals surface area (Å²) in [4.78, 5) is 0. The molecule has 0 amide bonds. The molecule has 0 saturated heterocycles. The maximum atomic E-state index is 9.23. The molecule has 0 bridgehead atoms. The van der Waals surface area contributed by atoms with Gasteiger partial charge in [0.2, 0.25) is 0 Å². The lowest BCUT2D eigenvalue weighted by Gasteiger charge is -2.28. The number of nitrogens with one attached hydrogen (secondary N) is 1. The normalized spacial score (nSPS) is 11.0. The third-order valence-corrected chi connectivity index (χ3v) is 3.79. The third kappa shape index (κ3) is 4.24. The molecule has 21 heavy (non-hydrogen) atoms. The first-order valence-corrected chi connectivity index (χ1v) is 7.40. The fraction of sp³-hybridized carbons (Fsp3) is 0.278. The van der Waals surface area contributed by atoms with Gasteiger partial charge in [-0.2, -0.15) is 5.26 Å². The molecular formula is C18H19ClN2. The van der Waals surface area contributed by atoms with Gasteiger partial charge < -0.3 is 5.32 Å². The van der Waals surface area contributed by atoms with Crippen molar-refractivity contribution in [3.63, 3.8) is 0 Å². The largest absolute Gasteiger partial charge is 0.379 e. The van der Waals surface area contributed by atoms with E-state index in [1.165, 1.54) is 5.56 Å². The van der Waals surface area contributed by atoms with Gasteiger partial charge in [0.05, 0.1) is 16.3 Å². The highest BCUT2D eigenvalue weighted by Crippen LogP contribution is 2.27. The van der Waals surface area contributed by atoms with Gasteiger partial charge in [0.25, 0.3) is 0 Å². The summed E-state index contributed by atoms with van der Waals surface area (Å²) in [6.45, 7) is 4.27. The lowest BCUT2D eigenvalue weighted by atomic mass is 9.94. The number of hydrogen-bond acceptors (Lipinski definition) is 2. The lowest BCUT2D eigenvalue weighted by molar-refractivity contribution is 0.518. The summed E-state index contributed by atoms with van der Waals surface area (Å²) in [5.41, 5.74) is 2.50. The van der Waals surface area contributed by atoms with Crippen LogP contribution >= 0.6 is 11.6 Å². The van der Waals surface area contributed by atoms with Crippen LogP contribution in [0.15, 0.2) is 48.5 Å². The van der Waals surface area contributed by atoms with Crippen molar-refractivity contribution in [1.82, 2.24) is 0 Å². The van der Waals surface area contributed by atoms with Gasteiger partial charge in [-0.15, -0.1) is 0 Å². The number of halogens is 1. The number of hydrogen-bond donors (Lipinski definition) is 1. The highest BCUT2D eigenvalue weighted by Gasteiger charge is 2.19. The Morgan fingerprint density at radius 1 is 1.10 bits per heavy atom. The van der Waals surface area contributed by atoms with Gasteiger partial charge in [-0.3, -0.25) is 0 Å². The van der Waals surface area contributed by atoms with Crippen molar-refractivity contribution < 1.29 is 0 Å². The molecule has 2 rings (SSSR count). The van der Waals surface area contributed by atoms with Crippen LogP contribution in [0, 0.1) is 11.3 Å². The Labute approximate surface area is 131 Å². The van der Waals surface area contributed by atoms with E-state index >= 15 is 0 Å². The van der Waals surface area contributed by atoms with Crippen molar-refractivity contribution in [2.45, 2.75) is 32.2 Å². The molecule has 0 atom stereocenters. The Kier molecular flexibility index (Phi) is 4.88.